The lowest BCUT2D eigenvalue weighted by Gasteiger charge is -2.42. The van der Waals surface area contributed by atoms with Crippen LogP contribution in [0.25, 0.3) is 11.0 Å². The molecule has 2 N–H and O–H groups in total. The Hall–Kier alpha value is -1.03. The van der Waals surface area contributed by atoms with Crippen molar-refractivity contribution in [2.24, 2.45) is 11.1 Å². The third-order valence-corrected chi connectivity index (χ3v) is 4.25. The van der Waals surface area contributed by atoms with Crippen LogP contribution in [0.4, 0.5) is 0 Å². The second kappa shape index (κ2) is 5.76. The van der Waals surface area contributed by atoms with Crippen molar-refractivity contribution < 1.29 is 4.42 Å². The highest BCUT2D eigenvalue weighted by molar-refractivity contribution is 5.85. The molecule has 3 rings (SSSR count). The van der Waals surface area contributed by atoms with E-state index in [0.29, 0.717) is 6.04 Å². The van der Waals surface area contributed by atoms with Gasteiger partial charge in [0.15, 0.2) is 0 Å². The number of rotatable bonds is 2. The van der Waals surface area contributed by atoms with Gasteiger partial charge in [-0.15, -0.1) is 12.4 Å². The number of likely N-dealkylation sites (tertiary alicyclic amines) is 1. The number of hydrogen-bond donors (Lipinski definition) is 1. The highest BCUT2D eigenvalue weighted by Crippen LogP contribution is 2.29. The number of furan rings is 1. The average molecular weight is 295 g/mol. The van der Waals surface area contributed by atoms with Gasteiger partial charge in [0.2, 0.25) is 0 Å². The molecule has 1 aliphatic heterocycles. The predicted molar refractivity (Wildman–Crippen MR) is 85.1 cm³/mol. The van der Waals surface area contributed by atoms with Crippen LogP contribution in [0, 0.1) is 5.41 Å². The van der Waals surface area contributed by atoms with Gasteiger partial charge in [0, 0.05) is 24.5 Å². The molecule has 2 heterocycles. The highest BCUT2D eigenvalue weighted by Gasteiger charge is 2.33. The van der Waals surface area contributed by atoms with Crippen molar-refractivity contribution in [2.45, 2.75) is 32.9 Å². The number of halogens is 1. The van der Waals surface area contributed by atoms with Gasteiger partial charge in [0.1, 0.15) is 11.3 Å². The molecule has 110 valence electrons. The Morgan fingerprint density at radius 2 is 2.10 bits per heavy atom. The van der Waals surface area contributed by atoms with Crippen LogP contribution >= 0.6 is 12.4 Å². The van der Waals surface area contributed by atoms with Crippen molar-refractivity contribution in [3.05, 3.63) is 36.1 Å². The van der Waals surface area contributed by atoms with E-state index in [2.05, 4.69) is 30.9 Å². The van der Waals surface area contributed by atoms with E-state index in [1.807, 2.05) is 18.2 Å². The molecule has 1 unspecified atom stereocenters. The summed E-state index contributed by atoms with van der Waals surface area (Å²) in [6, 6.07) is 10.6. The lowest BCUT2D eigenvalue weighted by atomic mass is 9.80. The molecule has 0 spiro atoms. The minimum Gasteiger partial charge on any atom is -0.460 e. The second-order valence-electron chi connectivity index (χ2n) is 6.34. The first-order chi connectivity index (χ1) is 9.04. The Bertz CT molecular complexity index is 546. The quantitative estimate of drug-likeness (QED) is 0.923. The maximum absolute atomic E-state index is 6.18. The van der Waals surface area contributed by atoms with Crippen LogP contribution in [0.15, 0.2) is 34.7 Å². The number of hydrogen-bond acceptors (Lipinski definition) is 3. The summed E-state index contributed by atoms with van der Waals surface area (Å²) >= 11 is 0. The van der Waals surface area contributed by atoms with Crippen molar-refractivity contribution in [2.75, 3.05) is 13.1 Å². The summed E-state index contributed by atoms with van der Waals surface area (Å²) in [6.07, 6.45) is 1.06. The summed E-state index contributed by atoms with van der Waals surface area (Å²) in [7, 11) is 0. The van der Waals surface area contributed by atoms with E-state index in [4.69, 9.17) is 10.2 Å². The largest absolute Gasteiger partial charge is 0.460 e. The van der Waals surface area contributed by atoms with Gasteiger partial charge in [0.25, 0.3) is 0 Å². The molecule has 0 radical (unpaired) electrons. The molecule has 1 aliphatic rings. The van der Waals surface area contributed by atoms with E-state index in [0.717, 1.165) is 37.4 Å². The van der Waals surface area contributed by atoms with Crippen LogP contribution in [0.5, 0.6) is 0 Å². The normalized spacial score (nSPS) is 22.6. The van der Waals surface area contributed by atoms with Crippen LogP contribution in [0.3, 0.4) is 0 Å². The Balaban J connectivity index is 0.00000147. The minimum atomic E-state index is 0. The molecule has 0 aliphatic carbocycles. The van der Waals surface area contributed by atoms with Crippen molar-refractivity contribution in [3.63, 3.8) is 0 Å². The maximum Gasteiger partial charge on any atom is 0.134 e. The SMILES string of the molecule is CC1(C)CN(Cc2cc3ccccc3o2)CCC1N.Cl. The molecule has 1 atom stereocenters. The Labute approximate surface area is 126 Å². The van der Waals surface area contributed by atoms with Gasteiger partial charge in [-0.2, -0.15) is 0 Å². The third-order valence-electron chi connectivity index (χ3n) is 4.25. The minimum absolute atomic E-state index is 0. The Kier molecular flexibility index (Phi) is 4.43. The molecule has 4 heteroatoms. The van der Waals surface area contributed by atoms with E-state index in [9.17, 15) is 0 Å². The summed E-state index contributed by atoms with van der Waals surface area (Å²) in [5.41, 5.74) is 7.34. The number of fused-ring (bicyclic) bond motifs is 1. The van der Waals surface area contributed by atoms with Gasteiger partial charge in [0.05, 0.1) is 6.54 Å². The topological polar surface area (TPSA) is 42.4 Å². The van der Waals surface area contributed by atoms with Gasteiger partial charge in [-0.1, -0.05) is 32.0 Å². The molecular formula is C16H23ClN2O. The first kappa shape index (κ1) is 15.4. The van der Waals surface area contributed by atoms with Crippen molar-refractivity contribution >= 4 is 23.4 Å². The summed E-state index contributed by atoms with van der Waals surface area (Å²) in [6.45, 7) is 7.47. The molecule has 20 heavy (non-hydrogen) atoms. The van der Waals surface area contributed by atoms with Crippen LogP contribution in [-0.4, -0.2) is 24.0 Å². The molecule has 3 nitrogen and oxygen atoms in total. The lowest BCUT2D eigenvalue weighted by molar-refractivity contribution is 0.0849. The third kappa shape index (κ3) is 3.00. The van der Waals surface area contributed by atoms with E-state index in [1.165, 1.54) is 5.39 Å². The van der Waals surface area contributed by atoms with Crippen molar-refractivity contribution in [3.8, 4) is 0 Å². The Morgan fingerprint density at radius 3 is 2.80 bits per heavy atom. The molecule has 0 amide bonds. The van der Waals surface area contributed by atoms with Gasteiger partial charge in [-0.05, 0) is 24.0 Å². The van der Waals surface area contributed by atoms with Crippen LogP contribution in [-0.2, 0) is 6.54 Å². The molecule has 0 bridgehead atoms. The van der Waals surface area contributed by atoms with Crippen molar-refractivity contribution in [1.82, 2.24) is 4.90 Å². The molecule has 0 saturated carbocycles. The standard InChI is InChI=1S/C16H22N2O.ClH/c1-16(2)11-18(8-7-15(16)17)10-13-9-12-5-3-4-6-14(12)19-13;/h3-6,9,15H,7-8,10-11,17H2,1-2H3;1H. The zero-order chi connectivity index (χ0) is 13.5. The zero-order valence-corrected chi connectivity index (χ0v) is 13.0. The second-order valence-corrected chi connectivity index (χ2v) is 6.34. The first-order valence-electron chi connectivity index (χ1n) is 7.00. The van der Waals surface area contributed by atoms with Crippen LogP contribution < -0.4 is 5.73 Å². The van der Waals surface area contributed by atoms with Crippen LogP contribution in [0.1, 0.15) is 26.0 Å². The highest BCUT2D eigenvalue weighted by atomic mass is 35.5. The summed E-state index contributed by atoms with van der Waals surface area (Å²) in [4.78, 5) is 2.45. The maximum atomic E-state index is 6.18. The van der Waals surface area contributed by atoms with Gasteiger partial charge < -0.3 is 10.2 Å². The number of para-hydroxylation sites is 1. The number of piperidine rings is 1. The molecular weight excluding hydrogens is 272 g/mol. The van der Waals surface area contributed by atoms with E-state index in [1.54, 1.807) is 0 Å². The summed E-state index contributed by atoms with van der Waals surface area (Å²) in [5, 5.41) is 1.19. The predicted octanol–water partition coefficient (Wildman–Crippen LogP) is 3.41. The van der Waals surface area contributed by atoms with E-state index >= 15 is 0 Å². The van der Waals surface area contributed by atoms with Gasteiger partial charge in [-0.3, -0.25) is 4.90 Å². The fourth-order valence-electron chi connectivity index (χ4n) is 2.96. The first-order valence-corrected chi connectivity index (χ1v) is 7.00. The van der Waals surface area contributed by atoms with Gasteiger partial charge in [-0.25, -0.2) is 0 Å². The smallest absolute Gasteiger partial charge is 0.134 e. The van der Waals surface area contributed by atoms with Crippen molar-refractivity contribution in [1.29, 1.82) is 0 Å². The average Bonchev–Trinajstić information content (AvgIpc) is 2.75. The Morgan fingerprint density at radius 1 is 1.35 bits per heavy atom. The fraction of sp³-hybridized carbons (Fsp3) is 0.500. The van der Waals surface area contributed by atoms with E-state index in [-0.39, 0.29) is 17.8 Å². The van der Waals surface area contributed by atoms with Gasteiger partial charge >= 0.3 is 0 Å². The molecule has 1 saturated heterocycles. The molecule has 1 aromatic heterocycles. The summed E-state index contributed by atoms with van der Waals surface area (Å²) in [5.74, 6) is 1.05. The number of benzene rings is 1. The number of nitrogens with two attached hydrogens (primary N) is 1. The molecule has 1 fully saturated rings. The van der Waals surface area contributed by atoms with E-state index < -0.39 is 0 Å². The fourth-order valence-corrected chi connectivity index (χ4v) is 2.96. The molecule has 1 aromatic carbocycles. The zero-order valence-electron chi connectivity index (χ0n) is 12.1. The molecule has 2 aromatic rings. The van der Waals surface area contributed by atoms with Crippen LogP contribution in [0.2, 0.25) is 0 Å². The summed E-state index contributed by atoms with van der Waals surface area (Å²) < 4.78 is 5.89. The lowest BCUT2D eigenvalue weighted by Crippen LogP contribution is -2.51. The number of nitrogens with zero attached hydrogens (tertiary/aromatic N) is 1. The monoisotopic (exact) mass is 294 g/mol.